The molecule has 0 aromatic carbocycles. The molecule has 0 saturated heterocycles. The van der Waals surface area contributed by atoms with Gasteiger partial charge in [-0.15, -0.1) is 0 Å². The third kappa shape index (κ3) is 1.30. The van der Waals surface area contributed by atoms with E-state index in [0.717, 1.165) is 0 Å². The predicted octanol–water partition coefficient (Wildman–Crippen LogP) is 0.440. The topological polar surface area (TPSA) is 41.5 Å². The fraction of sp³-hybridized carbons (Fsp3) is 0.333. The van der Waals surface area contributed by atoms with E-state index >= 15 is 0 Å². The zero-order chi connectivity index (χ0) is 8.39. The van der Waals surface area contributed by atoms with Crippen molar-refractivity contribution in [1.82, 2.24) is 5.32 Å². The summed E-state index contributed by atoms with van der Waals surface area (Å²) in [6.45, 7) is 0. The van der Waals surface area contributed by atoms with Crippen LogP contribution in [0.2, 0.25) is 0 Å². The molecule has 2 aliphatic rings. The zero-order valence-corrected chi connectivity index (χ0v) is 6.60. The highest BCUT2D eigenvalue weighted by Crippen LogP contribution is 2.10. The summed E-state index contributed by atoms with van der Waals surface area (Å²) >= 11 is 0. The fourth-order valence-electron chi connectivity index (χ4n) is 1.37. The van der Waals surface area contributed by atoms with E-state index in [1.165, 1.54) is 0 Å². The Morgan fingerprint density at radius 3 is 3.17 bits per heavy atom. The third-order valence-electron chi connectivity index (χ3n) is 1.99. The van der Waals surface area contributed by atoms with Crippen molar-refractivity contribution in [2.75, 3.05) is 0 Å². The van der Waals surface area contributed by atoms with Gasteiger partial charge in [0.15, 0.2) is 0 Å². The number of carbonyl (C=O) groups excluding carboxylic acids is 1. The second-order valence-electron chi connectivity index (χ2n) is 2.89. The molecule has 0 aromatic rings. The molecule has 0 spiro atoms. The lowest BCUT2D eigenvalue weighted by Gasteiger charge is -2.19. The normalized spacial score (nSPS) is 32.5. The Kier molecular flexibility index (Phi) is 1.78. The number of nitrogens with zero attached hydrogens (tertiary/aromatic N) is 1. The minimum absolute atomic E-state index is 0.0474. The SMILES string of the molecule is O=C1CC=NC2C=CC=CC2N1. The van der Waals surface area contributed by atoms with Crippen molar-refractivity contribution >= 4 is 12.1 Å². The van der Waals surface area contributed by atoms with Crippen LogP contribution in [0.25, 0.3) is 0 Å². The molecule has 3 heteroatoms. The van der Waals surface area contributed by atoms with Gasteiger partial charge in [-0.05, 0) is 0 Å². The molecule has 1 N–H and O–H groups in total. The molecular formula is C9H10N2O. The van der Waals surface area contributed by atoms with Crippen LogP contribution in [0.3, 0.4) is 0 Å². The van der Waals surface area contributed by atoms with E-state index in [0.29, 0.717) is 6.42 Å². The highest BCUT2D eigenvalue weighted by molar-refractivity contribution is 5.91. The van der Waals surface area contributed by atoms with Crippen LogP contribution in [-0.2, 0) is 4.79 Å². The molecule has 2 atom stereocenters. The molecule has 1 aliphatic carbocycles. The van der Waals surface area contributed by atoms with E-state index in [-0.39, 0.29) is 18.0 Å². The maximum absolute atomic E-state index is 11.1. The molecule has 12 heavy (non-hydrogen) atoms. The Labute approximate surface area is 70.9 Å². The van der Waals surface area contributed by atoms with Crippen molar-refractivity contribution in [2.24, 2.45) is 4.99 Å². The summed E-state index contributed by atoms with van der Waals surface area (Å²) in [6.07, 6.45) is 9.93. The molecule has 62 valence electrons. The first kappa shape index (κ1) is 7.28. The molecule has 1 amide bonds. The van der Waals surface area contributed by atoms with Crippen LogP contribution in [0.4, 0.5) is 0 Å². The number of aliphatic imine (C=N–C) groups is 1. The third-order valence-corrected chi connectivity index (χ3v) is 1.99. The van der Waals surface area contributed by atoms with Crippen molar-refractivity contribution in [3.63, 3.8) is 0 Å². The number of hydrogen-bond donors (Lipinski definition) is 1. The molecule has 3 nitrogen and oxygen atoms in total. The average Bonchev–Trinajstić information content (AvgIpc) is 2.25. The summed E-state index contributed by atoms with van der Waals surface area (Å²) in [6, 6.07) is 0.155. The van der Waals surface area contributed by atoms with Crippen LogP contribution < -0.4 is 5.32 Å². The Balaban J connectivity index is 2.21. The van der Waals surface area contributed by atoms with Crippen LogP contribution in [-0.4, -0.2) is 24.2 Å². The second-order valence-corrected chi connectivity index (χ2v) is 2.89. The standard InChI is InChI=1S/C9H10N2O/c12-9-5-6-10-7-3-1-2-4-8(7)11-9/h1-4,6-8H,5H2,(H,11,12). The molecule has 0 aromatic heterocycles. The first-order valence-electron chi connectivity index (χ1n) is 4.02. The number of amides is 1. The summed E-state index contributed by atoms with van der Waals surface area (Å²) in [5.74, 6) is 0.0474. The Hall–Kier alpha value is -1.38. The van der Waals surface area contributed by atoms with Crippen LogP contribution in [0.1, 0.15) is 6.42 Å². The molecule has 1 aliphatic heterocycles. The zero-order valence-electron chi connectivity index (χ0n) is 6.60. The molecule has 0 bridgehead atoms. The lowest BCUT2D eigenvalue weighted by atomic mass is 10.0. The smallest absolute Gasteiger partial charge is 0.225 e. The Morgan fingerprint density at radius 1 is 1.42 bits per heavy atom. The molecule has 0 radical (unpaired) electrons. The van der Waals surface area contributed by atoms with Gasteiger partial charge in [0.25, 0.3) is 0 Å². The van der Waals surface area contributed by atoms with Crippen LogP contribution in [0.15, 0.2) is 29.3 Å². The lowest BCUT2D eigenvalue weighted by Crippen LogP contribution is -2.39. The molecular weight excluding hydrogens is 152 g/mol. The summed E-state index contributed by atoms with van der Waals surface area (Å²) in [4.78, 5) is 15.3. The highest BCUT2D eigenvalue weighted by atomic mass is 16.1. The molecule has 2 rings (SSSR count). The number of rotatable bonds is 0. The van der Waals surface area contributed by atoms with Crippen molar-refractivity contribution in [3.8, 4) is 0 Å². The maximum atomic E-state index is 11.1. The summed E-state index contributed by atoms with van der Waals surface area (Å²) in [5.41, 5.74) is 0. The summed E-state index contributed by atoms with van der Waals surface area (Å²) in [7, 11) is 0. The van der Waals surface area contributed by atoms with Crippen LogP contribution in [0.5, 0.6) is 0 Å². The highest BCUT2D eigenvalue weighted by Gasteiger charge is 2.20. The lowest BCUT2D eigenvalue weighted by molar-refractivity contribution is -0.120. The molecule has 2 unspecified atom stereocenters. The Morgan fingerprint density at radius 2 is 2.25 bits per heavy atom. The fourth-order valence-corrected chi connectivity index (χ4v) is 1.37. The van der Waals surface area contributed by atoms with Crippen LogP contribution in [0, 0.1) is 0 Å². The van der Waals surface area contributed by atoms with Crippen molar-refractivity contribution in [2.45, 2.75) is 18.5 Å². The largest absolute Gasteiger partial charge is 0.347 e. The Bertz CT molecular complexity index is 278. The van der Waals surface area contributed by atoms with Crippen molar-refractivity contribution < 1.29 is 4.79 Å². The minimum Gasteiger partial charge on any atom is -0.347 e. The van der Waals surface area contributed by atoms with Gasteiger partial charge in [-0.3, -0.25) is 9.79 Å². The van der Waals surface area contributed by atoms with E-state index in [9.17, 15) is 4.79 Å². The van der Waals surface area contributed by atoms with Gasteiger partial charge in [0, 0.05) is 6.21 Å². The monoisotopic (exact) mass is 162 g/mol. The van der Waals surface area contributed by atoms with Crippen LogP contribution >= 0.6 is 0 Å². The van der Waals surface area contributed by atoms with Gasteiger partial charge >= 0.3 is 0 Å². The van der Waals surface area contributed by atoms with Crippen molar-refractivity contribution in [1.29, 1.82) is 0 Å². The first-order valence-corrected chi connectivity index (χ1v) is 4.02. The summed E-state index contributed by atoms with van der Waals surface area (Å²) < 4.78 is 0. The van der Waals surface area contributed by atoms with E-state index in [1.54, 1.807) is 6.21 Å². The number of carbonyl (C=O) groups is 1. The second kappa shape index (κ2) is 2.93. The van der Waals surface area contributed by atoms with E-state index in [2.05, 4.69) is 10.3 Å². The van der Waals surface area contributed by atoms with Gasteiger partial charge in [0.1, 0.15) is 0 Å². The number of nitrogens with one attached hydrogen (secondary N) is 1. The van der Waals surface area contributed by atoms with Gasteiger partial charge < -0.3 is 5.32 Å². The van der Waals surface area contributed by atoms with E-state index < -0.39 is 0 Å². The van der Waals surface area contributed by atoms with Gasteiger partial charge in [0.05, 0.1) is 18.5 Å². The van der Waals surface area contributed by atoms with Crippen molar-refractivity contribution in [3.05, 3.63) is 24.3 Å². The predicted molar refractivity (Wildman–Crippen MR) is 47.1 cm³/mol. The van der Waals surface area contributed by atoms with Gasteiger partial charge in [-0.25, -0.2) is 0 Å². The van der Waals surface area contributed by atoms with Gasteiger partial charge in [-0.1, -0.05) is 24.3 Å². The molecule has 0 saturated carbocycles. The van der Waals surface area contributed by atoms with E-state index in [4.69, 9.17) is 0 Å². The average molecular weight is 162 g/mol. The minimum atomic E-state index is 0.0474. The number of allylic oxidation sites excluding steroid dienone is 2. The molecule has 1 heterocycles. The van der Waals surface area contributed by atoms with Gasteiger partial charge in [-0.2, -0.15) is 0 Å². The number of fused-ring (bicyclic) bond motifs is 1. The summed E-state index contributed by atoms with van der Waals surface area (Å²) in [5, 5.41) is 2.88. The number of hydrogen-bond acceptors (Lipinski definition) is 2. The van der Waals surface area contributed by atoms with E-state index in [1.807, 2.05) is 24.3 Å². The maximum Gasteiger partial charge on any atom is 0.225 e. The van der Waals surface area contributed by atoms with Gasteiger partial charge in [0.2, 0.25) is 5.91 Å². The quantitative estimate of drug-likeness (QED) is 0.551. The first-order chi connectivity index (χ1) is 5.86. The molecule has 0 fully saturated rings.